The van der Waals surface area contributed by atoms with Crippen molar-refractivity contribution in [1.29, 1.82) is 0 Å². The van der Waals surface area contributed by atoms with Crippen LogP contribution < -0.4 is 0 Å². The van der Waals surface area contributed by atoms with Gasteiger partial charge < -0.3 is 14.6 Å². The van der Waals surface area contributed by atoms with Crippen molar-refractivity contribution in [2.24, 2.45) is 17.3 Å². The van der Waals surface area contributed by atoms with Gasteiger partial charge in [-0.25, -0.2) is 0 Å². The number of cyclic esters (lactones) is 1. The van der Waals surface area contributed by atoms with E-state index < -0.39 is 35.0 Å². The molecule has 1 saturated heterocycles. The molecule has 0 saturated carbocycles. The Bertz CT molecular complexity index is 441. The van der Waals surface area contributed by atoms with Crippen LogP contribution in [0.25, 0.3) is 0 Å². The molecule has 0 aliphatic carbocycles. The topological polar surface area (TPSA) is 89.9 Å². The van der Waals surface area contributed by atoms with Crippen LogP contribution in [-0.2, 0) is 23.9 Å². The number of hydrogen-bond acceptors (Lipinski definition) is 6. The molecule has 1 N–H and O–H groups in total. The summed E-state index contributed by atoms with van der Waals surface area (Å²) in [5.74, 6) is -3.93. The second-order valence-electron chi connectivity index (χ2n) is 6.17. The van der Waals surface area contributed by atoms with Crippen LogP contribution in [0.3, 0.4) is 0 Å². The summed E-state index contributed by atoms with van der Waals surface area (Å²) in [5, 5.41) is 9.93. The van der Waals surface area contributed by atoms with Crippen LogP contribution in [0, 0.1) is 17.3 Å². The molecule has 0 radical (unpaired) electrons. The summed E-state index contributed by atoms with van der Waals surface area (Å²) in [6, 6.07) is 0. The van der Waals surface area contributed by atoms with Crippen LogP contribution in [0.2, 0.25) is 0 Å². The molecule has 0 aromatic rings. The van der Waals surface area contributed by atoms with Gasteiger partial charge in [-0.2, -0.15) is 0 Å². The highest BCUT2D eigenvalue weighted by molar-refractivity contribution is 5.92. The van der Waals surface area contributed by atoms with Crippen molar-refractivity contribution in [1.82, 2.24) is 0 Å². The van der Waals surface area contributed by atoms with Crippen LogP contribution in [0.1, 0.15) is 47.0 Å². The fourth-order valence-corrected chi connectivity index (χ4v) is 2.47. The minimum Gasteiger partial charge on any atom is -0.469 e. The molecule has 120 valence electrons. The first-order chi connectivity index (χ1) is 9.57. The molecule has 6 heteroatoms. The number of rotatable bonds is 6. The van der Waals surface area contributed by atoms with Crippen LogP contribution in [-0.4, -0.2) is 35.7 Å². The molecule has 0 aromatic carbocycles. The van der Waals surface area contributed by atoms with Crippen molar-refractivity contribution in [3.8, 4) is 0 Å². The van der Waals surface area contributed by atoms with E-state index in [9.17, 15) is 19.5 Å². The molecule has 1 fully saturated rings. The van der Waals surface area contributed by atoms with E-state index >= 15 is 0 Å². The third-order valence-electron chi connectivity index (χ3n) is 4.68. The van der Waals surface area contributed by atoms with Gasteiger partial charge in [-0.05, 0) is 6.42 Å². The zero-order valence-corrected chi connectivity index (χ0v) is 13.3. The molecule has 4 atom stereocenters. The summed E-state index contributed by atoms with van der Waals surface area (Å²) in [4.78, 5) is 35.8. The lowest BCUT2D eigenvalue weighted by molar-refractivity contribution is -0.190. The van der Waals surface area contributed by atoms with E-state index in [0.29, 0.717) is 6.42 Å². The van der Waals surface area contributed by atoms with Gasteiger partial charge in [-0.15, -0.1) is 0 Å². The molecular weight excluding hydrogens is 276 g/mol. The third-order valence-corrected chi connectivity index (χ3v) is 4.68. The first kappa shape index (κ1) is 17.6. The van der Waals surface area contributed by atoms with Crippen LogP contribution in [0.4, 0.5) is 0 Å². The Morgan fingerprint density at radius 3 is 2.43 bits per heavy atom. The first-order valence-electron chi connectivity index (χ1n) is 7.12. The first-order valence-corrected chi connectivity index (χ1v) is 7.12. The van der Waals surface area contributed by atoms with Gasteiger partial charge in [0.15, 0.2) is 0 Å². The Hall–Kier alpha value is -1.43. The SMILES string of the molecule is CCC(C)(CC(=O)OC)C(=O)CC1C(=O)OC(C)(O)C1C. The van der Waals surface area contributed by atoms with Gasteiger partial charge in [0.1, 0.15) is 5.78 Å². The fraction of sp³-hybridized carbons (Fsp3) is 0.800. The largest absolute Gasteiger partial charge is 0.469 e. The number of ether oxygens (including phenoxy) is 2. The molecule has 1 heterocycles. The Labute approximate surface area is 124 Å². The van der Waals surface area contributed by atoms with Crippen molar-refractivity contribution >= 4 is 17.7 Å². The minimum atomic E-state index is -1.55. The lowest BCUT2D eigenvalue weighted by atomic mass is 9.74. The fourth-order valence-electron chi connectivity index (χ4n) is 2.47. The lowest BCUT2D eigenvalue weighted by Crippen LogP contribution is -2.35. The highest BCUT2D eigenvalue weighted by Crippen LogP contribution is 2.39. The van der Waals surface area contributed by atoms with Crippen molar-refractivity contribution in [3.63, 3.8) is 0 Å². The average molecular weight is 300 g/mol. The Kier molecular flexibility index (Phi) is 5.15. The van der Waals surface area contributed by atoms with Crippen LogP contribution >= 0.6 is 0 Å². The second kappa shape index (κ2) is 6.13. The zero-order valence-electron chi connectivity index (χ0n) is 13.3. The molecule has 0 aromatic heterocycles. The number of aliphatic hydroxyl groups is 1. The number of ketones is 1. The van der Waals surface area contributed by atoms with Crippen molar-refractivity contribution in [2.45, 2.75) is 52.7 Å². The van der Waals surface area contributed by atoms with E-state index in [1.165, 1.54) is 14.0 Å². The molecule has 0 bridgehead atoms. The number of carbonyl (C=O) groups excluding carboxylic acids is 3. The van der Waals surface area contributed by atoms with Crippen molar-refractivity contribution in [2.75, 3.05) is 7.11 Å². The average Bonchev–Trinajstić information content (AvgIpc) is 2.60. The Balaban J connectivity index is 2.84. The number of esters is 2. The zero-order chi connectivity index (χ0) is 16.4. The van der Waals surface area contributed by atoms with E-state index in [1.54, 1.807) is 13.8 Å². The highest BCUT2D eigenvalue weighted by atomic mass is 16.7. The maximum Gasteiger partial charge on any atom is 0.312 e. The van der Waals surface area contributed by atoms with Gasteiger partial charge >= 0.3 is 11.9 Å². The van der Waals surface area contributed by atoms with E-state index in [0.717, 1.165) is 0 Å². The third kappa shape index (κ3) is 3.61. The Morgan fingerprint density at radius 2 is 2.05 bits per heavy atom. The van der Waals surface area contributed by atoms with E-state index in [-0.39, 0.29) is 18.6 Å². The number of methoxy groups -OCH3 is 1. The monoisotopic (exact) mass is 300 g/mol. The van der Waals surface area contributed by atoms with E-state index in [2.05, 4.69) is 4.74 Å². The van der Waals surface area contributed by atoms with Gasteiger partial charge in [0.25, 0.3) is 0 Å². The summed E-state index contributed by atoms with van der Waals surface area (Å²) in [6.45, 7) is 6.59. The number of carbonyl (C=O) groups is 3. The van der Waals surface area contributed by atoms with E-state index in [1.807, 2.05) is 6.92 Å². The molecule has 6 nitrogen and oxygen atoms in total. The smallest absolute Gasteiger partial charge is 0.312 e. The molecule has 1 rings (SSSR count). The van der Waals surface area contributed by atoms with Gasteiger partial charge in [0.05, 0.1) is 19.4 Å². The highest BCUT2D eigenvalue weighted by Gasteiger charge is 2.51. The summed E-state index contributed by atoms with van der Waals surface area (Å²) in [7, 11) is 1.27. The van der Waals surface area contributed by atoms with Gasteiger partial charge in [-0.3, -0.25) is 14.4 Å². The quantitative estimate of drug-likeness (QED) is 0.747. The summed E-state index contributed by atoms with van der Waals surface area (Å²) < 4.78 is 9.52. The van der Waals surface area contributed by atoms with Crippen LogP contribution in [0.5, 0.6) is 0 Å². The normalized spacial score (nSPS) is 31.4. The van der Waals surface area contributed by atoms with E-state index in [4.69, 9.17) is 4.74 Å². The minimum absolute atomic E-state index is 0.0224. The van der Waals surface area contributed by atoms with Gasteiger partial charge in [-0.1, -0.05) is 20.8 Å². The predicted octanol–water partition coefficient (Wildman–Crippen LogP) is 1.44. The number of hydrogen-bond donors (Lipinski definition) is 1. The molecule has 4 unspecified atom stereocenters. The Morgan fingerprint density at radius 1 is 1.48 bits per heavy atom. The predicted molar refractivity (Wildman–Crippen MR) is 74.0 cm³/mol. The summed E-state index contributed by atoms with van der Waals surface area (Å²) in [6.07, 6.45) is 0.399. The molecule has 1 aliphatic heterocycles. The maximum atomic E-state index is 12.5. The summed E-state index contributed by atoms with van der Waals surface area (Å²) in [5.41, 5.74) is -0.873. The van der Waals surface area contributed by atoms with Gasteiger partial charge in [0.2, 0.25) is 5.79 Å². The maximum absolute atomic E-state index is 12.5. The molecule has 1 aliphatic rings. The van der Waals surface area contributed by atoms with Crippen molar-refractivity contribution < 1.29 is 29.0 Å². The molecule has 0 amide bonds. The van der Waals surface area contributed by atoms with Crippen molar-refractivity contribution in [3.05, 3.63) is 0 Å². The van der Waals surface area contributed by atoms with Gasteiger partial charge in [0, 0.05) is 24.7 Å². The standard InChI is InChI=1S/C15H24O6/c1-6-14(3,8-12(17)20-5)11(16)7-10-9(2)15(4,19)21-13(10)18/h9-10,19H,6-8H2,1-5H3. The second-order valence-corrected chi connectivity index (χ2v) is 6.17. The molecular formula is C15H24O6. The number of Topliss-reactive ketones (excluding diaryl/α,β-unsaturated/α-hetero) is 1. The molecule has 0 spiro atoms. The summed E-state index contributed by atoms with van der Waals surface area (Å²) >= 11 is 0. The lowest BCUT2D eigenvalue weighted by Gasteiger charge is -2.27. The molecule has 21 heavy (non-hydrogen) atoms. The van der Waals surface area contributed by atoms with Crippen LogP contribution in [0.15, 0.2) is 0 Å².